The van der Waals surface area contributed by atoms with Crippen molar-refractivity contribution in [2.45, 2.75) is 31.7 Å². The van der Waals surface area contributed by atoms with Gasteiger partial charge in [-0.15, -0.1) is 11.8 Å². The maximum Gasteiger partial charge on any atom is 0.197 e. The number of carbonyl (C=O) groups excluding carboxylic acids is 1. The molecule has 72 valence electrons. The second kappa shape index (κ2) is 4.46. The first-order chi connectivity index (χ1) is 6.22. The van der Waals surface area contributed by atoms with Crippen LogP contribution in [0.15, 0.2) is 5.03 Å². The lowest BCUT2D eigenvalue weighted by Crippen LogP contribution is -1.98. The van der Waals surface area contributed by atoms with Gasteiger partial charge in [-0.2, -0.15) is 0 Å². The highest BCUT2D eigenvalue weighted by Crippen LogP contribution is 2.18. The quantitative estimate of drug-likeness (QED) is 0.596. The first kappa shape index (κ1) is 10.3. The zero-order valence-electron chi connectivity index (χ0n) is 8.18. The van der Waals surface area contributed by atoms with E-state index in [1.165, 1.54) is 0 Å². The molecule has 1 aromatic heterocycles. The smallest absolute Gasteiger partial charge is 0.197 e. The van der Waals surface area contributed by atoms with E-state index < -0.39 is 0 Å². The summed E-state index contributed by atoms with van der Waals surface area (Å²) >= 11 is 1.60. The van der Waals surface area contributed by atoms with Gasteiger partial charge in [0.15, 0.2) is 11.6 Å². The Kier molecular flexibility index (Phi) is 3.54. The Morgan fingerprint density at radius 1 is 1.54 bits per heavy atom. The number of H-pyrrole nitrogens is 1. The molecule has 1 heterocycles. The molecular weight excluding hydrogens is 184 g/mol. The van der Waals surface area contributed by atoms with E-state index in [1.807, 2.05) is 20.1 Å². The van der Waals surface area contributed by atoms with Crippen molar-refractivity contribution >= 4 is 17.5 Å². The van der Waals surface area contributed by atoms with Crippen molar-refractivity contribution in [3.05, 3.63) is 11.5 Å². The van der Waals surface area contributed by atoms with Crippen LogP contribution < -0.4 is 0 Å². The van der Waals surface area contributed by atoms with Crippen LogP contribution in [0, 0.1) is 0 Å². The normalized spacial score (nSPS) is 10.4. The van der Waals surface area contributed by atoms with Crippen molar-refractivity contribution in [3.8, 4) is 0 Å². The summed E-state index contributed by atoms with van der Waals surface area (Å²) in [6, 6.07) is 0. The molecule has 0 aliphatic rings. The topological polar surface area (TPSA) is 45.8 Å². The van der Waals surface area contributed by atoms with Gasteiger partial charge >= 0.3 is 0 Å². The lowest BCUT2D eigenvalue weighted by Gasteiger charge is -1.91. The molecule has 0 aliphatic carbocycles. The molecule has 13 heavy (non-hydrogen) atoms. The molecule has 1 aromatic rings. The van der Waals surface area contributed by atoms with Crippen LogP contribution in [-0.2, 0) is 6.42 Å². The summed E-state index contributed by atoms with van der Waals surface area (Å²) in [6.07, 6.45) is 3.35. The van der Waals surface area contributed by atoms with Gasteiger partial charge in [-0.05, 0) is 12.7 Å². The van der Waals surface area contributed by atoms with Crippen LogP contribution in [0.2, 0.25) is 0 Å². The molecule has 0 saturated carbocycles. The number of nitrogens with zero attached hydrogens (tertiary/aromatic N) is 1. The summed E-state index contributed by atoms with van der Waals surface area (Å²) in [5, 5.41) is 1.01. The molecule has 0 aromatic carbocycles. The monoisotopic (exact) mass is 198 g/mol. The van der Waals surface area contributed by atoms with Gasteiger partial charge in [-0.1, -0.05) is 13.8 Å². The zero-order valence-corrected chi connectivity index (χ0v) is 8.99. The summed E-state index contributed by atoms with van der Waals surface area (Å²) in [6.45, 7) is 3.88. The van der Waals surface area contributed by atoms with Gasteiger partial charge in [0.2, 0.25) is 0 Å². The van der Waals surface area contributed by atoms with Crippen LogP contribution in [0.1, 0.15) is 36.6 Å². The summed E-state index contributed by atoms with van der Waals surface area (Å²) in [4.78, 5) is 18.6. The number of aryl methyl sites for hydroxylation is 1. The number of rotatable bonds is 4. The fraction of sp³-hybridized carbons (Fsp3) is 0.556. The summed E-state index contributed by atoms with van der Waals surface area (Å²) in [5.41, 5.74) is 0.990. The Bertz CT molecular complexity index is 285. The standard InChI is InChI=1S/C9H14N2OS/c1-4-6-9(13-3)11-8(10-6)7(12)5-2/h4-5H2,1-3H3,(H,10,11). The van der Waals surface area contributed by atoms with Gasteiger partial charge < -0.3 is 4.98 Å². The Hall–Kier alpha value is -0.770. The number of nitrogens with one attached hydrogen (secondary N) is 1. The van der Waals surface area contributed by atoms with Gasteiger partial charge in [0, 0.05) is 6.42 Å². The van der Waals surface area contributed by atoms with Gasteiger partial charge in [0.25, 0.3) is 0 Å². The number of thioether (sulfide) groups is 1. The van der Waals surface area contributed by atoms with Gasteiger partial charge in [-0.25, -0.2) is 4.98 Å². The maximum absolute atomic E-state index is 11.3. The molecule has 3 nitrogen and oxygen atoms in total. The number of aromatic nitrogens is 2. The molecule has 0 spiro atoms. The lowest BCUT2D eigenvalue weighted by atomic mass is 10.3. The van der Waals surface area contributed by atoms with Crippen LogP contribution >= 0.6 is 11.8 Å². The van der Waals surface area contributed by atoms with Gasteiger partial charge in [-0.3, -0.25) is 4.79 Å². The number of hydrogen-bond donors (Lipinski definition) is 1. The number of hydrogen-bond acceptors (Lipinski definition) is 3. The number of aromatic amines is 1. The van der Waals surface area contributed by atoms with E-state index in [-0.39, 0.29) is 5.78 Å². The average Bonchev–Trinajstić information content (AvgIpc) is 2.59. The molecule has 0 aliphatic heterocycles. The third-order valence-corrected chi connectivity index (χ3v) is 2.61. The van der Waals surface area contributed by atoms with E-state index in [9.17, 15) is 4.79 Å². The van der Waals surface area contributed by atoms with Crippen molar-refractivity contribution in [1.29, 1.82) is 0 Å². The molecule has 1 rings (SSSR count). The van der Waals surface area contributed by atoms with Crippen LogP contribution in [0.4, 0.5) is 0 Å². The molecule has 0 radical (unpaired) electrons. The van der Waals surface area contributed by atoms with Gasteiger partial charge in [0.1, 0.15) is 0 Å². The van der Waals surface area contributed by atoms with E-state index in [0.29, 0.717) is 12.2 Å². The zero-order chi connectivity index (χ0) is 9.84. The van der Waals surface area contributed by atoms with Crippen molar-refractivity contribution in [2.75, 3.05) is 6.26 Å². The van der Waals surface area contributed by atoms with E-state index in [2.05, 4.69) is 9.97 Å². The highest BCUT2D eigenvalue weighted by Gasteiger charge is 2.12. The SMILES string of the molecule is CCC(=O)c1nc(CC)c(SC)[nH]1. The van der Waals surface area contributed by atoms with E-state index in [0.717, 1.165) is 17.1 Å². The fourth-order valence-corrected chi connectivity index (χ4v) is 1.73. The lowest BCUT2D eigenvalue weighted by molar-refractivity contribution is 0.0978. The first-order valence-electron chi connectivity index (χ1n) is 4.39. The predicted octanol–water partition coefficient (Wildman–Crippen LogP) is 2.29. The molecule has 0 amide bonds. The minimum atomic E-state index is 0.0787. The molecule has 4 heteroatoms. The highest BCUT2D eigenvalue weighted by atomic mass is 32.2. The minimum absolute atomic E-state index is 0.0787. The highest BCUT2D eigenvalue weighted by molar-refractivity contribution is 7.98. The minimum Gasteiger partial charge on any atom is -0.330 e. The van der Waals surface area contributed by atoms with Crippen molar-refractivity contribution in [1.82, 2.24) is 9.97 Å². The summed E-state index contributed by atoms with van der Waals surface area (Å²) < 4.78 is 0. The molecule has 0 unspecified atom stereocenters. The van der Waals surface area contributed by atoms with Crippen LogP contribution in [0.5, 0.6) is 0 Å². The van der Waals surface area contributed by atoms with E-state index >= 15 is 0 Å². The second-order valence-corrected chi connectivity index (χ2v) is 3.51. The largest absolute Gasteiger partial charge is 0.330 e. The number of ketones is 1. The van der Waals surface area contributed by atoms with Crippen molar-refractivity contribution < 1.29 is 4.79 Å². The summed E-state index contributed by atoms with van der Waals surface area (Å²) in [5.74, 6) is 0.582. The average molecular weight is 198 g/mol. The third kappa shape index (κ3) is 2.12. The van der Waals surface area contributed by atoms with Crippen molar-refractivity contribution in [3.63, 3.8) is 0 Å². The van der Waals surface area contributed by atoms with Gasteiger partial charge in [0.05, 0.1) is 10.7 Å². The van der Waals surface area contributed by atoms with E-state index in [1.54, 1.807) is 11.8 Å². The maximum atomic E-state index is 11.3. The van der Waals surface area contributed by atoms with E-state index in [4.69, 9.17) is 0 Å². The number of carbonyl (C=O) groups is 1. The van der Waals surface area contributed by atoms with Crippen LogP contribution in [0.3, 0.4) is 0 Å². The summed E-state index contributed by atoms with van der Waals surface area (Å²) in [7, 11) is 0. The Labute approximate surface area is 82.3 Å². The molecule has 0 atom stereocenters. The predicted molar refractivity (Wildman–Crippen MR) is 54.4 cm³/mol. The Balaban J connectivity index is 2.99. The molecule has 0 saturated heterocycles. The molecule has 0 bridgehead atoms. The molecule has 0 fully saturated rings. The number of imidazole rings is 1. The van der Waals surface area contributed by atoms with Crippen LogP contribution in [-0.4, -0.2) is 22.0 Å². The fourth-order valence-electron chi connectivity index (χ4n) is 1.10. The first-order valence-corrected chi connectivity index (χ1v) is 5.61. The Morgan fingerprint density at radius 3 is 2.62 bits per heavy atom. The van der Waals surface area contributed by atoms with Crippen molar-refractivity contribution in [2.24, 2.45) is 0 Å². The molecule has 1 N–H and O–H groups in total. The third-order valence-electron chi connectivity index (χ3n) is 1.87. The molecular formula is C9H14N2OS. The second-order valence-electron chi connectivity index (χ2n) is 2.70. The number of Topliss-reactive ketones (excluding diaryl/α,β-unsaturated/α-hetero) is 1. The Morgan fingerprint density at radius 2 is 2.23 bits per heavy atom. The van der Waals surface area contributed by atoms with Crippen LogP contribution in [0.25, 0.3) is 0 Å².